The summed E-state index contributed by atoms with van der Waals surface area (Å²) in [5.74, 6) is 1.63. The fourth-order valence-electron chi connectivity index (χ4n) is 2.00. The molecule has 2 aromatic rings. The molecule has 0 radical (unpaired) electrons. The van der Waals surface area contributed by atoms with Crippen LogP contribution in [0.5, 0.6) is 11.5 Å². The Kier molecular flexibility index (Phi) is 5.45. The predicted octanol–water partition coefficient (Wildman–Crippen LogP) is 4.94. The Hall–Kier alpha value is -1.51. The van der Waals surface area contributed by atoms with E-state index in [1.54, 1.807) is 0 Å². The smallest absolute Gasteiger partial charge is 0.130 e. The van der Waals surface area contributed by atoms with Crippen LogP contribution in [-0.2, 0) is 6.54 Å². The number of aryl methyl sites for hydroxylation is 1. The average Bonchev–Trinajstić information content (AvgIpc) is 2.42. The molecule has 20 heavy (non-hydrogen) atoms. The summed E-state index contributed by atoms with van der Waals surface area (Å²) in [5, 5.41) is 4.08. The standard InChI is InChI=1S/C17H20ClNO/c1-3-9-19-12-14-7-8-17(13(2)10-14)20-16-6-4-5-15(18)11-16/h4-8,10-11,19H,3,9,12H2,1-2H3. The van der Waals surface area contributed by atoms with Crippen LogP contribution in [0, 0.1) is 6.92 Å². The molecule has 1 N–H and O–H groups in total. The number of hydrogen-bond acceptors (Lipinski definition) is 2. The monoisotopic (exact) mass is 289 g/mol. The summed E-state index contributed by atoms with van der Waals surface area (Å²) < 4.78 is 5.87. The maximum absolute atomic E-state index is 5.96. The first-order valence-electron chi connectivity index (χ1n) is 6.92. The van der Waals surface area contributed by atoms with Gasteiger partial charge in [-0.2, -0.15) is 0 Å². The highest BCUT2D eigenvalue weighted by Gasteiger charge is 2.03. The van der Waals surface area contributed by atoms with Crippen LogP contribution in [0.3, 0.4) is 0 Å². The van der Waals surface area contributed by atoms with Crippen molar-refractivity contribution in [3.63, 3.8) is 0 Å². The Morgan fingerprint density at radius 2 is 2.00 bits per heavy atom. The lowest BCUT2D eigenvalue weighted by Gasteiger charge is -2.11. The maximum Gasteiger partial charge on any atom is 0.130 e. The van der Waals surface area contributed by atoms with Crippen LogP contribution in [0.2, 0.25) is 5.02 Å². The van der Waals surface area contributed by atoms with E-state index in [0.29, 0.717) is 5.02 Å². The van der Waals surface area contributed by atoms with Gasteiger partial charge in [-0.15, -0.1) is 0 Å². The first kappa shape index (κ1) is 14.9. The van der Waals surface area contributed by atoms with Crippen molar-refractivity contribution in [3.05, 3.63) is 58.6 Å². The van der Waals surface area contributed by atoms with Gasteiger partial charge in [0.2, 0.25) is 0 Å². The lowest BCUT2D eigenvalue weighted by atomic mass is 10.1. The molecule has 0 aliphatic carbocycles. The quantitative estimate of drug-likeness (QED) is 0.761. The second-order valence-electron chi connectivity index (χ2n) is 4.84. The Bertz CT molecular complexity index is 569. The Morgan fingerprint density at radius 1 is 1.15 bits per heavy atom. The minimum absolute atomic E-state index is 0.681. The minimum Gasteiger partial charge on any atom is -0.457 e. The number of rotatable bonds is 6. The van der Waals surface area contributed by atoms with Crippen molar-refractivity contribution in [2.45, 2.75) is 26.8 Å². The molecule has 0 aliphatic heterocycles. The van der Waals surface area contributed by atoms with E-state index in [2.05, 4.69) is 31.3 Å². The van der Waals surface area contributed by atoms with Gasteiger partial charge < -0.3 is 10.1 Å². The van der Waals surface area contributed by atoms with Crippen molar-refractivity contribution in [3.8, 4) is 11.5 Å². The molecule has 0 aromatic heterocycles. The summed E-state index contributed by atoms with van der Waals surface area (Å²) in [5.41, 5.74) is 2.40. The van der Waals surface area contributed by atoms with E-state index < -0.39 is 0 Å². The summed E-state index contributed by atoms with van der Waals surface area (Å²) in [6.45, 7) is 6.16. The predicted molar refractivity (Wildman–Crippen MR) is 84.7 cm³/mol. The Balaban J connectivity index is 2.06. The van der Waals surface area contributed by atoms with Crippen LogP contribution in [0.4, 0.5) is 0 Å². The molecule has 0 heterocycles. The first-order valence-corrected chi connectivity index (χ1v) is 7.30. The van der Waals surface area contributed by atoms with Crippen molar-refractivity contribution in [2.24, 2.45) is 0 Å². The van der Waals surface area contributed by atoms with E-state index in [4.69, 9.17) is 16.3 Å². The molecule has 0 unspecified atom stereocenters. The molecule has 0 fully saturated rings. The highest BCUT2D eigenvalue weighted by Crippen LogP contribution is 2.27. The van der Waals surface area contributed by atoms with Crippen LogP contribution < -0.4 is 10.1 Å². The van der Waals surface area contributed by atoms with Gasteiger partial charge in [0, 0.05) is 11.6 Å². The second kappa shape index (κ2) is 7.32. The van der Waals surface area contributed by atoms with Gasteiger partial charge in [-0.3, -0.25) is 0 Å². The van der Waals surface area contributed by atoms with Crippen LogP contribution >= 0.6 is 11.6 Å². The number of ether oxygens (including phenoxy) is 1. The third-order valence-corrected chi connectivity index (χ3v) is 3.25. The zero-order chi connectivity index (χ0) is 14.4. The van der Waals surface area contributed by atoms with Gasteiger partial charge in [0.1, 0.15) is 11.5 Å². The lowest BCUT2D eigenvalue weighted by molar-refractivity contribution is 0.478. The normalized spacial score (nSPS) is 10.6. The van der Waals surface area contributed by atoms with Gasteiger partial charge in [0.25, 0.3) is 0 Å². The van der Waals surface area contributed by atoms with Gasteiger partial charge in [-0.25, -0.2) is 0 Å². The molecule has 0 amide bonds. The largest absolute Gasteiger partial charge is 0.457 e. The van der Waals surface area contributed by atoms with E-state index in [1.807, 2.05) is 30.3 Å². The van der Waals surface area contributed by atoms with Crippen LogP contribution in [0.25, 0.3) is 0 Å². The van der Waals surface area contributed by atoms with Gasteiger partial charge in [-0.05, 0) is 55.3 Å². The molecule has 3 heteroatoms. The van der Waals surface area contributed by atoms with Crippen molar-refractivity contribution in [1.82, 2.24) is 5.32 Å². The topological polar surface area (TPSA) is 21.3 Å². The molecule has 2 rings (SSSR count). The van der Waals surface area contributed by atoms with Crippen molar-refractivity contribution >= 4 is 11.6 Å². The van der Waals surface area contributed by atoms with Gasteiger partial charge in [0.15, 0.2) is 0 Å². The molecule has 0 saturated carbocycles. The minimum atomic E-state index is 0.681. The fraction of sp³-hybridized carbons (Fsp3) is 0.294. The highest BCUT2D eigenvalue weighted by molar-refractivity contribution is 6.30. The fourth-order valence-corrected chi connectivity index (χ4v) is 2.18. The molecule has 106 valence electrons. The van der Waals surface area contributed by atoms with E-state index in [9.17, 15) is 0 Å². The second-order valence-corrected chi connectivity index (χ2v) is 5.27. The van der Waals surface area contributed by atoms with E-state index >= 15 is 0 Å². The third-order valence-electron chi connectivity index (χ3n) is 3.02. The molecule has 0 atom stereocenters. The molecule has 2 nitrogen and oxygen atoms in total. The number of nitrogens with one attached hydrogen (secondary N) is 1. The average molecular weight is 290 g/mol. The van der Waals surface area contributed by atoms with E-state index in [0.717, 1.165) is 36.6 Å². The molecular weight excluding hydrogens is 270 g/mol. The van der Waals surface area contributed by atoms with Crippen LogP contribution in [-0.4, -0.2) is 6.54 Å². The summed E-state index contributed by atoms with van der Waals surface area (Å²) in [4.78, 5) is 0. The zero-order valence-corrected chi connectivity index (χ0v) is 12.7. The highest BCUT2D eigenvalue weighted by atomic mass is 35.5. The van der Waals surface area contributed by atoms with Crippen molar-refractivity contribution < 1.29 is 4.74 Å². The molecular formula is C17H20ClNO. The van der Waals surface area contributed by atoms with Crippen molar-refractivity contribution in [1.29, 1.82) is 0 Å². The summed E-state index contributed by atoms with van der Waals surface area (Å²) in [6.07, 6.45) is 1.15. The molecule has 0 aliphatic rings. The van der Waals surface area contributed by atoms with Gasteiger partial charge in [-0.1, -0.05) is 36.7 Å². The Morgan fingerprint density at radius 3 is 2.70 bits per heavy atom. The van der Waals surface area contributed by atoms with Gasteiger partial charge in [0.05, 0.1) is 0 Å². The van der Waals surface area contributed by atoms with E-state index in [-0.39, 0.29) is 0 Å². The van der Waals surface area contributed by atoms with E-state index in [1.165, 1.54) is 5.56 Å². The summed E-state index contributed by atoms with van der Waals surface area (Å²) >= 11 is 5.96. The SMILES string of the molecule is CCCNCc1ccc(Oc2cccc(Cl)c2)c(C)c1. The Labute approximate surface area is 125 Å². The number of halogens is 1. The maximum atomic E-state index is 5.96. The van der Waals surface area contributed by atoms with Crippen LogP contribution in [0.15, 0.2) is 42.5 Å². The summed E-state index contributed by atoms with van der Waals surface area (Å²) in [7, 11) is 0. The molecule has 0 spiro atoms. The van der Waals surface area contributed by atoms with Crippen LogP contribution in [0.1, 0.15) is 24.5 Å². The summed E-state index contributed by atoms with van der Waals surface area (Å²) in [6, 6.07) is 13.7. The number of hydrogen-bond donors (Lipinski definition) is 1. The lowest BCUT2D eigenvalue weighted by Crippen LogP contribution is -2.13. The molecule has 2 aromatic carbocycles. The molecule has 0 bridgehead atoms. The van der Waals surface area contributed by atoms with Crippen molar-refractivity contribution in [2.75, 3.05) is 6.54 Å². The number of benzene rings is 2. The third kappa shape index (κ3) is 4.26. The molecule has 0 saturated heterocycles. The first-order chi connectivity index (χ1) is 9.69. The van der Waals surface area contributed by atoms with Gasteiger partial charge >= 0.3 is 0 Å². The zero-order valence-electron chi connectivity index (χ0n) is 11.9.